The second kappa shape index (κ2) is 9.09. The number of carbonyl (C=O) groups is 1. The summed E-state index contributed by atoms with van der Waals surface area (Å²) in [5, 5.41) is 0. The third kappa shape index (κ3) is 4.12. The molecule has 0 bridgehead atoms. The van der Waals surface area contributed by atoms with Crippen LogP contribution in [0.2, 0.25) is 0 Å². The second-order valence-corrected chi connectivity index (χ2v) is 7.02. The molecule has 0 spiro atoms. The molecule has 0 aliphatic rings. The summed E-state index contributed by atoms with van der Waals surface area (Å²) in [6, 6.07) is 9.35. The molecule has 0 saturated carbocycles. The van der Waals surface area contributed by atoms with E-state index in [-0.39, 0.29) is 5.69 Å². The number of hydrogen-bond acceptors (Lipinski definition) is 8. The van der Waals surface area contributed by atoms with Crippen LogP contribution in [-0.4, -0.2) is 54.5 Å². The van der Waals surface area contributed by atoms with Gasteiger partial charge in [0, 0.05) is 23.5 Å². The number of rotatable bonds is 7. The smallest absolute Gasteiger partial charge is 0.356 e. The van der Waals surface area contributed by atoms with E-state index in [1.807, 2.05) is 30.5 Å². The van der Waals surface area contributed by atoms with Gasteiger partial charge in [-0.25, -0.2) is 19.7 Å². The fourth-order valence-corrected chi connectivity index (χ4v) is 3.61. The Labute approximate surface area is 174 Å². The van der Waals surface area contributed by atoms with Crippen LogP contribution in [0.5, 0.6) is 5.75 Å². The normalized spacial score (nSPS) is 10.8. The van der Waals surface area contributed by atoms with E-state index in [0.29, 0.717) is 22.7 Å². The van der Waals surface area contributed by atoms with Crippen molar-refractivity contribution < 1.29 is 14.3 Å². The van der Waals surface area contributed by atoms with E-state index in [0.717, 1.165) is 29.3 Å². The van der Waals surface area contributed by atoms with E-state index in [2.05, 4.69) is 23.7 Å². The highest BCUT2D eigenvalue weighted by molar-refractivity contribution is 7.98. The minimum Gasteiger partial charge on any atom is -0.497 e. The Balaban J connectivity index is 2.31. The molecule has 3 aromatic rings. The van der Waals surface area contributed by atoms with E-state index < -0.39 is 5.97 Å². The molecule has 29 heavy (non-hydrogen) atoms. The lowest BCUT2D eigenvalue weighted by molar-refractivity contribution is 0.0594. The Hall–Kier alpha value is -2.87. The van der Waals surface area contributed by atoms with Crippen LogP contribution in [0.3, 0.4) is 0 Å². The summed E-state index contributed by atoms with van der Waals surface area (Å²) >= 11 is 1.51. The summed E-state index contributed by atoms with van der Waals surface area (Å²) in [5.41, 5.74) is 2.44. The molecule has 7 nitrogen and oxygen atoms in total. The van der Waals surface area contributed by atoms with Gasteiger partial charge in [-0.1, -0.05) is 0 Å². The Kier molecular flexibility index (Phi) is 6.53. The van der Waals surface area contributed by atoms with Gasteiger partial charge < -0.3 is 14.4 Å². The fraction of sp³-hybridized carbons (Fsp3) is 0.333. The van der Waals surface area contributed by atoms with Crippen LogP contribution >= 0.6 is 11.8 Å². The van der Waals surface area contributed by atoms with Crippen molar-refractivity contribution >= 4 is 34.6 Å². The zero-order valence-electron chi connectivity index (χ0n) is 17.2. The average molecular weight is 413 g/mol. The van der Waals surface area contributed by atoms with Crippen LogP contribution in [0.15, 0.2) is 35.2 Å². The number of ether oxygens (including phenoxy) is 2. The monoisotopic (exact) mass is 412 g/mol. The third-order valence-electron chi connectivity index (χ3n) is 4.62. The maximum absolute atomic E-state index is 12.1. The fourth-order valence-electron chi connectivity index (χ4n) is 3.04. The van der Waals surface area contributed by atoms with Gasteiger partial charge >= 0.3 is 5.97 Å². The summed E-state index contributed by atoms with van der Waals surface area (Å²) < 4.78 is 10.1. The molecular formula is C21H24N4O3S. The van der Waals surface area contributed by atoms with Crippen molar-refractivity contribution in [3.63, 3.8) is 0 Å². The summed E-state index contributed by atoms with van der Waals surface area (Å²) in [6.45, 7) is 5.63. The van der Waals surface area contributed by atoms with Crippen molar-refractivity contribution in [2.45, 2.75) is 18.7 Å². The zero-order chi connectivity index (χ0) is 21.0. The molecule has 0 atom stereocenters. The third-order valence-corrected chi connectivity index (χ3v) is 5.38. The Morgan fingerprint density at radius 3 is 2.28 bits per heavy atom. The standard InChI is InChI=1S/C21H24N4O3S/c1-6-25(7-2)20-18-17(16(29-5)12-15(22-18)21(26)28-4)23-19(24-20)13-8-10-14(27-3)11-9-13/h8-12H,6-7H2,1-5H3. The molecule has 0 aliphatic carbocycles. The number of methoxy groups -OCH3 is 2. The van der Waals surface area contributed by atoms with Crippen molar-refractivity contribution in [1.82, 2.24) is 15.0 Å². The van der Waals surface area contributed by atoms with Crippen molar-refractivity contribution in [3.05, 3.63) is 36.0 Å². The van der Waals surface area contributed by atoms with E-state index in [1.54, 1.807) is 13.2 Å². The van der Waals surface area contributed by atoms with Crippen LogP contribution in [-0.2, 0) is 4.74 Å². The van der Waals surface area contributed by atoms with Gasteiger partial charge in [0.1, 0.15) is 22.5 Å². The van der Waals surface area contributed by atoms with Gasteiger partial charge in [-0.3, -0.25) is 0 Å². The van der Waals surface area contributed by atoms with Gasteiger partial charge in [0.05, 0.1) is 14.2 Å². The van der Waals surface area contributed by atoms with E-state index in [9.17, 15) is 4.79 Å². The Morgan fingerprint density at radius 2 is 1.72 bits per heavy atom. The van der Waals surface area contributed by atoms with Crippen LogP contribution in [0, 0.1) is 0 Å². The first-order valence-electron chi connectivity index (χ1n) is 9.30. The largest absolute Gasteiger partial charge is 0.497 e. The van der Waals surface area contributed by atoms with Crippen LogP contribution in [0.25, 0.3) is 22.4 Å². The number of aromatic nitrogens is 3. The molecule has 2 aromatic heterocycles. The molecular weight excluding hydrogens is 388 g/mol. The number of esters is 1. The maximum Gasteiger partial charge on any atom is 0.356 e. The minimum absolute atomic E-state index is 0.249. The lowest BCUT2D eigenvalue weighted by Crippen LogP contribution is -2.24. The SMILES string of the molecule is CCN(CC)c1nc(-c2ccc(OC)cc2)nc2c(SC)cc(C(=O)OC)nc12. The summed E-state index contributed by atoms with van der Waals surface area (Å²) in [5.74, 6) is 1.59. The Bertz CT molecular complexity index is 1020. The zero-order valence-corrected chi connectivity index (χ0v) is 18.0. The van der Waals surface area contributed by atoms with Crippen molar-refractivity contribution in [2.24, 2.45) is 0 Å². The number of anilines is 1. The molecule has 0 radical (unpaired) electrons. The highest BCUT2D eigenvalue weighted by Crippen LogP contribution is 2.33. The molecule has 2 heterocycles. The van der Waals surface area contributed by atoms with Gasteiger partial charge in [0.25, 0.3) is 0 Å². The van der Waals surface area contributed by atoms with Gasteiger partial charge in [0.15, 0.2) is 11.6 Å². The first kappa shape index (κ1) is 20.9. The van der Waals surface area contributed by atoms with E-state index >= 15 is 0 Å². The first-order chi connectivity index (χ1) is 14.1. The van der Waals surface area contributed by atoms with Gasteiger partial charge in [-0.2, -0.15) is 0 Å². The number of nitrogens with zero attached hydrogens (tertiary/aromatic N) is 4. The molecule has 0 aliphatic heterocycles. The number of carbonyl (C=O) groups excluding carboxylic acids is 1. The number of benzene rings is 1. The lowest BCUT2D eigenvalue weighted by atomic mass is 10.2. The summed E-state index contributed by atoms with van der Waals surface area (Å²) in [6.07, 6.45) is 1.95. The summed E-state index contributed by atoms with van der Waals surface area (Å²) in [7, 11) is 2.98. The molecule has 0 fully saturated rings. The highest BCUT2D eigenvalue weighted by atomic mass is 32.2. The van der Waals surface area contributed by atoms with Gasteiger partial charge in [-0.05, 0) is 50.4 Å². The van der Waals surface area contributed by atoms with Crippen LogP contribution < -0.4 is 9.64 Å². The van der Waals surface area contributed by atoms with E-state index in [1.165, 1.54) is 18.9 Å². The molecule has 3 rings (SSSR count). The molecule has 152 valence electrons. The number of hydrogen-bond donors (Lipinski definition) is 0. The van der Waals surface area contributed by atoms with Gasteiger partial charge in [-0.15, -0.1) is 11.8 Å². The molecule has 0 N–H and O–H groups in total. The second-order valence-electron chi connectivity index (χ2n) is 6.17. The molecule has 0 unspecified atom stereocenters. The van der Waals surface area contributed by atoms with Crippen molar-refractivity contribution in [3.8, 4) is 17.1 Å². The lowest BCUT2D eigenvalue weighted by Gasteiger charge is -2.22. The maximum atomic E-state index is 12.1. The number of thioether (sulfide) groups is 1. The molecule has 0 saturated heterocycles. The topological polar surface area (TPSA) is 77.4 Å². The van der Waals surface area contributed by atoms with Crippen LogP contribution in [0.4, 0.5) is 5.82 Å². The Morgan fingerprint density at radius 1 is 1.03 bits per heavy atom. The average Bonchev–Trinajstić information content (AvgIpc) is 2.78. The number of fused-ring (bicyclic) bond motifs is 1. The van der Waals surface area contributed by atoms with Gasteiger partial charge in [0.2, 0.25) is 0 Å². The number of pyridine rings is 1. The van der Waals surface area contributed by atoms with E-state index in [4.69, 9.17) is 19.4 Å². The van der Waals surface area contributed by atoms with Crippen LogP contribution in [0.1, 0.15) is 24.3 Å². The quantitative estimate of drug-likeness (QED) is 0.425. The minimum atomic E-state index is -0.480. The highest BCUT2D eigenvalue weighted by Gasteiger charge is 2.20. The molecule has 8 heteroatoms. The van der Waals surface area contributed by atoms with Crippen molar-refractivity contribution in [1.29, 1.82) is 0 Å². The predicted octanol–water partition coefficient (Wildman–Crippen LogP) is 4.06. The van der Waals surface area contributed by atoms with Crippen molar-refractivity contribution in [2.75, 3.05) is 38.5 Å². The summed E-state index contributed by atoms with van der Waals surface area (Å²) in [4.78, 5) is 29.3. The predicted molar refractivity (Wildman–Crippen MR) is 116 cm³/mol. The first-order valence-corrected chi connectivity index (χ1v) is 10.5. The molecule has 0 amide bonds. The molecule has 1 aromatic carbocycles.